The summed E-state index contributed by atoms with van der Waals surface area (Å²) in [5.41, 5.74) is 10.2. The molecule has 6 heteroatoms. The summed E-state index contributed by atoms with van der Waals surface area (Å²) in [5, 5.41) is 8.32. The van der Waals surface area contributed by atoms with Crippen LogP contribution in [0, 0.1) is 0 Å². The molecular weight excluding hydrogens is 190 g/mol. The van der Waals surface area contributed by atoms with Gasteiger partial charge in [-0.05, 0) is 12.2 Å². The highest BCUT2D eigenvalue weighted by Crippen LogP contribution is 2.03. The summed E-state index contributed by atoms with van der Waals surface area (Å²) >= 11 is 1.66. The maximum Gasteiger partial charge on any atom is 0.303 e. The van der Waals surface area contributed by atoms with Crippen LogP contribution >= 0.6 is 11.8 Å². The van der Waals surface area contributed by atoms with E-state index in [4.69, 9.17) is 16.6 Å². The Morgan fingerprint density at radius 3 is 2.62 bits per heavy atom. The van der Waals surface area contributed by atoms with Crippen LogP contribution in [0.15, 0.2) is 4.99 Å². The van der Waals surface area contributed by atoms with Crippen LogP contribution in [0.2, 0.25) is 0 Å². The lowest BCUT2D eigenvalue weighted by molar-refractivity contribution is -0.137. The first-order valence-corrected chi connectivity index (χ1v) is 5.13. The van der Waals surface area contributed by atoms with Gasteiger partial charge in [-0.2, -0.15) is 11.8 Å². The summed E-state index contributed by atoms with van der Waals surface area (Å²) in [6.45, 7) is 0.597. The van der Waals surface area contributed by atoms with E-state index in [-0.39, 0.29) is 12.4 Å². The Balaban J connectivity index is 3.09. The van der Waals surface area contributed by atoms with Crippen LogP contribution in [0.1, 0.15) is 12.8 Å². The molecule has 5 N–H and O–H groups in total. The van der Waals surface area contributed by atoms with Gasteiger partial charge in [-0.1, -0.05) is 0 Å². The Kier molecular flexibility index (Phi) is 7.18. The molecule has 76 valence electrons. The third kappa shape index (κ3) is 11.1. The summed E-state index contributed by atoms with van der Waals surface area (Å²) in [6.07, 6.45) is 0.928. The van der Waals surface area contributed by atoms with Gasteiger partial charge in [0.2, 0.25) is 0 Å². The van der Waals surface area contributed by atoms with Crippen molar-refractivity contribution in [3.63, 3.8) is 0 Å². The molecule has 0 aliphatic heterocycles. The largest absolute Gasteiger partial charge is 0.481 e. The standard InChI is InChI=1S/C7H15N3O2S/c8-7(9)10-3-5-13-4-1-2-6(11)12/h1-5H2,(H,11,12)(H4,8,9,10). The minimum Gasteiger partial charge on any atom is -0.481 e. The fraction of sp³-hybridized carbons (Fsp3) is 0.714. The van der Waals surface area contributed by atoms with Gasteiger partial charge < -0.3 is 16.6 Å². The van der Waals surface area contributed by atoms with Crippen LogP contribution in [0.4, 0.5) is 0 Å². The van der Waals surface area contributed by atoms with Gasteiger partial charge in [0.25, 0.3) is 0 Å². The molecule has 0 aromatic carbocycles. The van der Waals surface area contributed by atoms with E-state index < -0.39 is 5.97 Å². The summed E-state index contributed by atoms with van der Waals surface area (Å²) < 4.78 is 0. The molecule has 0 aliphatic carbocycles. The van der Waals surface area contributed by atoms with Crippen molar-refractivity contribution in [1.82, 2.24) is 0 Å². The Morgan fingerprint density at radius 1 is 1.38 bits per heavy atom. The van der Waals surface area contributed by atoms with Gasteiger partial charge >= 0.3 is 5.97 Å². The molecule has 0 bridgehead atoms. The topological polar surface area (TPSA) is 102 Å². The molecule has 0 atom stereocenters. The van der Waals surface area contributed by atoms with Crippen LogP contribution in [0.3, 0.4) is 0 Å². The highest BCUT2D eigenvalue weighted by atomic mass is 32.2. The highest BCUT2D eigenvalue weighted by Gasteiger charge is 1.95. The molecule has 0 unspecified atom stereocenters. The summed E-state index contributed by atoms with van der Waals surface area (Å²) in [6, 6.07) is 0. The zero-order valence-electron chi connectivity index (χ0n) is 7.40. The van der Waals surface area contributed by atoms with Gasteiger partial charge in [0, 0.05) is 12.2 Å². The third-order valence-corrected chi connectivity index (χ3v) is 2.26. The van der Waals surface area contributed by atoms with Crippen LogP contribution < -0.4 is 11.5 Å². The lowest BCUT2D eigenvalue weighted by atomic mass is 10.3. The minimum atomic E-state index is -0.746. The van der Waals surface area contributed by atoms with Gasteiger partial charge in [-0.15, -0.1) is 0 Å². The molecular formula is C7H15N3O2S. The van der Waals surface area contributed by atoms with Crippen molar-refractivity contribution < 1.29 is 9.90 Å². The van der Waals surface area contributed by atoms with E-state index in [0.29, 0.717) is 13.0 Å². The molecule has 0 aliphatic rings. The molecule has 0 saturated heterocycles. The number of hydrogen-bond donors (Lipinski definition) is 3. The Hall–Kier alpha value is -0.910. The van der Waals surface area contributed by atoms with Crippen molar-refractivity contribution in [3.8, 4) is 0 Å². The van der Waals surface area contributed by atoms with Crippen molar-refractivity contribution in [2.75, 3.05) is 18.1 Å². The van der Waals surface area contributed by atoms with E-state index in [1.807, 2.05) is 0 Å². The monoisotopic (exact) mass is 205 g/mol. The lowest BCUT2D eigenvalue weighted by Gasteiger charge is -1.97. The Morgan fingerprint density at radius 2 is 2.08 bits per heavy atom. The van der Waals surface area contributed by atoms with Crippen molar-refractivity contribution >= 4 is 23.7 Å². The normalized spacial score (nSPS) is 9.54. The molecule has 0 heterocycles. The Bertz CT molecular complexity index is 181. The number of carboxylic acid groups (broad SMARTS) is 1. The minimum absolute atomic E-state index is 0.103. The van der Waals surface area contributed by atoms with Crippen molar-refractivity contribution in [2.45, 2.75) is 12.8 Å². The number of guanidine groups is 1. The second kappa shape index (κ2) is 7.72. The maximum absolute atomic E-state index is 10.1. The zero-order valence-corrected chi connectivity index (χ0v) is 8.22. The summed E-state index contributed by atoms with van der Waals surface area (Å²) in [5.74, 6) is 1.03. The first-order valence-electron chi connectivity index (χ1n) is 3.98. The van der Waals surface area contributed by atoms with Crippen molar-refractivity contribution in [1.29, 1.82) is 0 Å². The second-order valence-corrected chi connectivity index (χ2v) is 3.64. The number of aliphatic imine (C=N–C) groups is 1. The molecule has 0 aromatic heterocycles. The fourth-order valence-electron chi connectivity index (χ4n) is 0.667. The fourth-order valence-corrected chi connectivity index (χ4v) is 1.44. The quantitative estimate of drug-likeness (QED) is 0.305. The third-order valence-electron chi connectivity index (χ3n) is 1.21. The molecule has 0 spiro atoms. The number of thioether (sulfide) groups is 1. The molecule has 0 rings (SSSR count). The molecule has 0 fully saturated rings. The van der Waals surface area contributed by atoms with Crippen LogP contribution in [0.25, 0.3) is 0 Å². The Labute approximate surface area is 81.6 Å². The van der Waals surface area contributed by atoms with E-state index >= 15 is 0 Å². The maximum atomic E-state index is 10.1. The molecule has 13 heavy (non-hydrogen) atoms. The number of rotatable bonds is 7. The molecule has 5 nitrogen and oxygen atoms in total. The number of carboxylic acids is 1. The number of carbonyl (C=O) groups is 1. The van der Waals surface area contributed by atoms with E-state index in [9.17, 15) is 4.79 Å². The molecule has 0 saturated carbocycles. The lowest BCUT2D eigenvalue weighted by Crippen LogP contribution is -2.23. The van der Waals surface area contributed by atoms with Gasteiger partial charge in [0.1, 0.15) is 0 Å². The molecule has 0 amide bonds. The van der Waals surface area contributed by atoms with Gasteiger partial charge in [-0.25, -0.2) is 0 Å². The number of aliphatic carboxylic acids is 1. The van der Waals surface area contributed by atoms with Gasteiger partial charge in [-0.3, -0.25) is 9.79 Å². The predicted molar refractivity (Wildman–Crippen MR) is 54.9 cm³/mol. The SMILES string of the molecule is NC(N)=NCCSCCCC(=O)O. The number of nitrogens with zero attached hydrogens (tertiary/aromatic N) is 1. The van der Waals surface area contributed by atoms with Crippen LogP contribution in [-0.4, -0.2) is 35.1 Å². The molecule has 0 radical (unpaired) electrons. The molecule has 0 aromatic rings. The highest BCUT2D eigenvalue weighted by molar-refractivity contribution is 7.99. The average Bonchev–Trinajstić information content (AvgIpc) is 2.01. The van der Waals surface area contributed by atoms with E-state index in [1.165, 1.54) is 0 Å². The van der Waals surface area contributed by atoms with Gasteiger partial charge in [0.15, 0.2) is 5.96 Å². The van der Waals surface area contributed by atoms with Crippen LogP contribution in [-0.2, 0) is 4.79 Å². The predicted octanol–water partition coefficient (Wildman–Crippen LogP) is -0.142. The second-order valence-electron chi connectivity index (χ2n) is 2.42. The zero-order chi connectivity index (χ0) is 10.1. The summed E-state index contributed by atoms with van der Waals surface area (Å²) in [7, 11) is 0. The first-order chi connectivity index (χ1) is 6.13. The van der Waals surface area contributed by atoms with Crippen LogP contribution in [0.5, 0.6) is 0 Å². The van der Waals surface area contributed by atoms with Crippen molar-refractivity contribution in [3.05, 3.63) is 0 Å². The van der Waals surface area contributed by atoms with E-state index in [0.717, 1.165) is 11.5 Å². The smallest absolute Gasteiger partial charge is 0.303 e. The first kappa shape index (κ1) is 12.1. The van der Waals surface area contributed by atoms with Crippen molar-refractivity contribution in [2.24, 2.45) is 16.5 Å². The van der Waals surface area contributed by atoms with E-state index in [2.05, 4.69) is 4.99 Å². The van der Waals surface area contributed by atoms with Gasteiger partial charge in [0.05, 0.1) is 6.54 Å². The summed E-state index contributed by atoms with van der Waals surface area (Å²) in [4.78, 5) is 13.9. The number of hydrogen-bond acceptors (Lipinski definition) is 3. The van der Waals surface area contributed by atoms with E-state index in [1.54, 1.807) is 11.8 Å². The number of nitrogens with two attached hydrogens (primary N) is 2. The average molecular weight is 205 g/mol.